The molecule has 4 heterocycles. The van der Waals surface area contributed by atoms with Crippen LogP contribution in [0.5, 0.6) is 0 Å². The summed E-state index contributed by atoms with van der Waals surface area (Å²) in [5.41, 5.74) is 10.4. The number of nitrogens with two attached hydrogens (primary N) is 1. The fraction of sp³-hybridized carbons (Fsp3) is 0.324. The maximum atomic E-state index is 13.5. The molecule has 0 bridgehead atoms. The largest absolute Gasteiger partial charge is 0.403 e. The summed E-state index contributed by atoms with van der Waals surface area (Å²) in [5, 5.41) is 22.0. The van der Waals surface area contributed by atoms with Crippen LogP contribution in [0, 0.1) is 5.82 Å². The molecular formula is C34H36FN9O3S. The van der Waals surface area contributed by atoms with Crippen molar-refractivity contribution in [3.05, 3.63) is 78.1 Å². The molecule has 0 aliphatic carbocycles. The molecule has 0 spiro atoms. The Morgan fingerprint density at radius 3 is 2.52 bits per heavy atom. The number of H-pyrrole nitrogens is 1. The molecule has 2 aliphatic rings. The Morgan fingerprint density at radius 1 is 1.02 bits per heavy atom. The number of likely N-dealkylation sites (tertiary alicyclic amines) is 2. The molecule has 0 radical (unpaired) electrons. The second kappa shape index (κ2) is 13.4. The van der Waals surface area contributed by atoms with Crippen LogP contribution in [0.3, 0.4) is 0 Å². The van der Waals surface area contributed by atoms with Gasteiger partial charge < -0.3 is 25.7 Å². The van der Waals surface area contributed by atoms with E-state index in [4.69, 9.17) is 22.8 Å². The molecule has 248 valence electrons. The summed E-state index contributed by atoms with van der Waals surface area (Å²) in [5.74, 6) is 0.313. The van der Waals surface area contributed by atoms with Gasteiger partial charge in [0.2, 0.25) is 17.7 Å². The Hall–Kier alpha value is -4.79. The van der Waals surface area contributed by atoms with Crippen LogP contribution in [0.1, 0.15) is 30.7 Å². The van der Waals surface area contributed by atoms with Crippen molar-refractivity contribution in [1.29, 1.82) is 0 Å². The van der Waals surface area contributed by atoms with Crippen LogP contribution in [0.4, 0.5) is 16.1 Å². The zero-order chi connectivity index (χ0) is 33.3. The van der Waals surface area contributed by atoms with Gasteiger partial charge in [-0.1, -0.05) is 17.2 Å². The Labute approximate surface area is 281 Å². The third-order valence-corrected chi connectivity index (χ3v) is 9.77. The second-order valence-corrected chi connectivity index (χ2v) is 13.2. The van der Waals surface area contributed by atoms with E-state index in [0.29, 0.717) is 55.8 Å². The molecule has 5 aromatic rings. The van der Waals surface area contributed by atoms with Crippen molar-refractivity contribution in [2.75, 3.05) is 50.0 Å². The van der Waals surface area contributed by atoms with Gasteiger partial charge in [-0.15, -0.1) is 5.10 Å². The van der Waals surface area contributed by atoms with Crippen LogP contribution in [0.15, 0.2) is 71.1 Å². The van der Waals surface area contributed by atoms with Crippen LogP contribution in [-0.4, -0.2) is 86.1 Å². The third kappa shape index (κ3) is 6.64. The summed E-state index contributed by atoms with van der Waals surface area (Å²) in [6.07, 6.45) is 2.27. The zero-order valence-electron chi connectivity index (χ0n) is 26.2. The quantitative estimate of drug-likeness (QED) is 0.113. The lowest BCUT2D eigenvalue weighted by atomic mass is 9.89. The van der Waals surface area contributed by atoms with Crippen molar-refractivity contribution in [3.8, 4) is 22.7 Å². The lowest BCUT2D eigenvalue weighted by Crippen LogP contribution is -2.45. The second-order valence-electron chi connectivity index (χ2n) is 12.4. The number of benzene rings is 3. The van der Waals surface area contributed by atoms with Crippen molar-refractivity contribution in [2.45, 2.75) is 29.9 Å². The average Bonchev–Trinajstić information content (AvgIpc) is 3.85. The van der Waals surface area contributed by atoms with E-state index >= 15 is 0 Å². The molecule has 1 atom stereocenters. The number of piperidine rings is 1. The number of carbonyl (C=O) groups is 2. The highest BCUT2D eigenvalue weighted by Crippen LogP contribution is 2.33. The molecule has 5 N–H and O–H groups in total. The van der Waals surface area contributed by atoms with Crippen LogP contribution < -0.4 is 16.4 Å². The number of fused-ring (bicyclic) bond motifs is 1. The highest BCUT2D eigenvalue weighted by molar-refractivity contribution is 7.82. The molecular weight excluding hydrogens is 633 g/mol. The summed E-state index contributed by atoms with van der Waals surface area (Å²) >= 11 is 4.80. The van der Waals surface area contributed by atoms with E-state index in [-0.39, 0.29) is 36.9 Å². The van der Waals surface area contributed by atoms with Gasteiger partial charge in [-0.3, -0.25) is 19.6 Å². The monoisotopic (exact) mass is 669 g/mol. The standard InChI is InChI=1S/C34H36FN9O3S/c35-25-7-5-23(6-8-25)30-27-17-26(9-10-28(27)39-40-30)38-32(46)34(48)13-16-43(19-34)18-29(45)44-14-11-22(12-15-44)21-1-3-24(4-2-21)31-41-42-33(47-31)37-20-36/h1-10,17,22,48H,11-16,18-20,36H2,(H,37,42)(H,38,46)(H,39,40)/t34-/m0/s1. The number of nitrogens with one attached hydrogen (secondary N) is 3. The lowest BCUT2D eigenvalue weighted by Gasteiger charge is -2.33. The van der Waals surface area contributed by atoms with E-state index in [0.717, 1.165) is 34.9 Å². The summed E-state index contributed by atoms with van der Waals surface area (Å²) in [4.78, 5) is 30.7. The molecule has 2 aromatic heterocycles. The smallest absolute Gasteiger partial charge is 0.316 e. The number of carbonyl (C=O) groups excluding carboxylic acids is 2. The zero-order valence-corrected chi connectivity index (χ0v) is 27.0. The Morgan fingerprint density at radius 2 is 1.77 bits per heavy atom. The van der Waals surface area contributed by atoms with Crippen LogP contribution >= 0.6 is 12.6 Å². The fourth-order valence-corrected chi connectivity index (χ4v) is 6.86. The van der Waals surface area contributed by atoms with Crippen molar-refractivity contribution in [1.82, 2.24) is 30.2 Å². The van der Waals surface area contributed by atoms with Gasteiger partial charge in [-0.2, -0.15) is 17.7 Å². The van der Waals surface area contributed by atoms with Gasteiger partial charge in [0.15, 0.2) is 0 Å². The number of hydrogen-bond donors (Lipinski definition) is 5. The Bertz CT molecular complexity index is 1920. The fourth-order valence-electron chi connectivity index (χ4n) is 6.51. The molecule has 12 nitrogen and oxygen atoms in total. The van der Waals surface area contributed by atoms with Gasteiger partial charge in [-0.05, 0) is 85.3 Å². The molecule has 7 rings (SSSR count). The van der Waals surface area contributed by atoms with E-state index in [1.165, 1.54) is 17.7 Å². The van der Waals surface area contributed by atoms with Gasteiger partial charge in [-0.25, -0.2) is 4.39 Å². The molecule has 0 unspecified atom stereocenters. The maximum Gasteiger partial charge on any atom is 0.316 e. The van der Waals surface area contributed by atoms with Crippen LogP contribution in [-0.2, 0) is 9.59 Å². The first-order chi connectivity index (χ1) is 23.3. The van der Waals surface area contributed by atoms with Crippen molar-refractivity contribution < 1.29 is 18.4 Å². The molecule has 48 heavy (non-hydrogen) atoms. The van der Waals surface area contributed by atoms with Crippen molar-refractivity contribution >= 4 is 47.0 Å². The minimum absolute atomic E-state index is 0.0683. The number of nitrogens with zero attached hydrogens (tertiary/aromatic N) is 5. The minimum Gasteiger partial charge on any atom is -0.403 e. The van der Waals surface area contributed by atoms with Gasteiger partial charge in [0.1, 0.15) is 10.6 Å². The van der Waals surface area contributed by atoms with Gasteiger partial charge in [0.25, 0.3) is 0 Å². The number of rotatable bonds is 9. The van der Waals surface area contributed by atoms with E-state index in [1.54, 1.807) is 12.1 Å². The SMILES string of the molecule is NCNc1nnc(-c2ccc(C3CCN(C(=O)CN4CC[C@@](S)(C(=O)Nc5ccc6[nH]nc(-c7ccc(F)cc7)c6c5)C4)CC3)cc2)o1. The highest BCUT2D eigenvalue weighted by Gasteiger charge is 2.42. The molecule has 2 aliphatic heterocycles. The first kappa shape index (κ1) is 31.8. The highest BCUT2D eigenvalue weighted by atomic mass is 32.1. The number of aromatic amines is 1. The van der Waals surface area contributed by atoms with Gasteiger partial charge in [0, 0.05) is 48.4 Å². The van der Waals surface area contributed by atoms with E-state index in [1.807, 2.05) is 40.1 Å². The number of anilines is 2. The first-order valence-electron chi connectivity index (χ1n) is 15.9. The third-order valence-electron chi connectivity index (χ3n) is 9.20. The predicted molar refractivity (Wildman–Crippen MR) is 184 cm³/mol. The summed E-state index contributed by atoms with van der Waals surface area (Å²) in [7, 11) is 0. The van der Waals surface area contributed by atoms with Crippen molar-refractivity contribution in [2.24, 2.45) is 5.73 Å². The van der Waals surface area contributed by atoms with Gasteiger partial charge >= 0.3 is 6.01 Å². The van der Waals surface area contributed by atoms with Crippen LogP contribution in [0.2, 0.25) is 0 Å². The van der Waals surface area contributed by atoms with E-state index in [9.17, 15) is 14.0 Å². The summed E-state index contributed by atoms with van der Waals surface area (Å²) in [6.45, 7) is 2.79. The number of aromatic nitrogens is 4. The number of amides is 2. The number of thiol groups is 1. The molecule has 0 saturated carbocycles. The van der Waals surface area contributed by atoms with E-state index < -0.39 is 4.75 Å². The molecule has 14 heteroatoms. The summed E-state index contributed by atoms with van der Waals surface area (Å²) in [6, 6.07) is 20.0. The molecule has 2 fully saturated rings. The average molecular weight is 670 g/mol. The molecule has 3 aromatic carbocycles. The molecule has 2 amide bonds. The van der Waals surface area contributed by atoms with Gasteiger partial charge in [0.05, 0.1) is 24.4 Å². The minimum atomic E-state index is -0.936. The number of halogens is 1. The van der Waals surface area contributed by atoms with Crippen LogP contribution in [0.25, 0.3) is 33.6 Å². The van der Waals surface area contributed by atoms with E-state index in [2.05, 4.69) is 43.2 Å². The topological polar surface area (TPSA) is 158 Å². The maximum absolute atomic E-state index is 13.5. The Kier molecular flexibility index (Phi) is 8.86. The Balaban J connectivity index is 0.908. The first-order valence-corrected chi connectivity index (χ1v) is 16.4. The van der Waals surface area contributed by atoms with Crippen molar-refractivity contribution in [3.63, 3.8) is 0 Å². The summed E-state index contributed by atoms with van der Waals surface area (Å²) < 4.78 is 18.1. The molecule has 2 saturated heterocycles. The normalized spacial score (nSPS) is 18.8. The predicted octanol–water partition coefficient (Wildman–Crippen LogP) is 4.47. The lowest BCUT2D eigenvalue weighted by molar-refractivity contribution is -0.133. The number of hydrogen-bond acceptors (Lipinski definition) is 10.